The Kier molecular flexibility index (Phi) is 4.73. The lowest BCUT2D eigenvalue weighted by atomic mass is 10.3. The Morgan fingerprint density at radius 2 is 2.35 bits per heavy atom. The van der Waals surface area contributed by atoms with Crippen molar-refractivity contribution in [3.05, 3.63) is 53.2 Å². The number of rotatable bonds is 5. The summed E-state index contributed by atoms with van der Waals surface area (Å²) in [5.41, 5.74) is 0.375. The van der Waals surface area contributed by atoms with E-state index >= 15 is 0 Å². The summed E-state index contributed by atoms with van der Waals surface area (Å²) in [6, 6.07) is 7.25. The summed E-state index contributed by atoms with van der Waals surface area (Å²) >= 11 is 5.59. The molecule has 0 fully saturated rings. The monoisotopic (exact) mass is 296 g/mol. The van der Waals surface area contributed by atoms with Crippen LogP contribution in [0.5, 0.6) is 0 Å². The van der Waals surface area contributed by atoms with Gasteiger partial charge in [-0.25, -0.2) is 4.39 Å². The largest absolute Gasteiger partial charge is 0.463 e. The normalized spacial score (nSPS) is 10.7. The fraction of sp³-hybridized carbons (Fsp3) is 0.0769. The number of hydrogen-bond donors (Lipinski definition) is 1. The third kappa shape index (κ3) is 4.10. The number of carbonyl (C=O) groups excluding carboxylic acids is 1. The van der Waals surface area contributed by atoms with Crippen molar-refractivity contribution in [2.24, 2.45) is 5.16 Å². The lowest BCUT2D eigenvalue weighted by molar-refractivity contribution is -0.120. The highest BCUT2D eigenvalue weighted by Crippen LogP contribution is 2.19. The maximum absolute atomic E-state index is 12.9. The molecule has 0 unspecified atom stereocenters. The first kappa shape index (κ1) is 14.1. The fourth-order valence-electron chi connectivity index (χ4n) is 1.32. The van der Waals surface area contributed by atoms with Crippen LogP contribution in [0.3, 0.4) is 0 Å². The molecule has 7 heteroatoms. The molecule has 1 aromatic heterocycles. The Bertz CT molecular complexity index is 614. The van der Waals surface area contributed by atoms with Gasteiger partial charge < -0.3 is 14.6 Å². The molecule has 0 radical (unpaired) electrons. The van der Waals surface area contributed by atoms with Crippen molar-refractivity contribution >= 4 is 29.4 Å². The van der Waals surface area contributed by atoms with E-state index in [9.17, 15) is 9.18 Å². The molecule has 0 aliphatic rings. The van der Waals surface area contributed by atoms with Gasteiger partial charge in [0.25, 0.3) is 5.91 Å². The summed E-state index contributed by atoms with van der Waals surface area (Å²) < 4.78 is 17.9. The van der Waals surface area contributed by atoms with Gasteiger partial charge in [-0.1, -0.05) is 16.8 Å². The Labute approximate surface area is 119 Å². The van der Waals surface area contributed by atoms with Crippen molar-refractivity contribution in [1.29, 1.82) is 0 Å². The van der Waals surface area contributed by atoms with Crippen molar-refractivity contribution < 1.29 is 18.4 Å². The molecule has 2 aromatic rings. The molecule has 1 heterocycles. The smallest absolute Gasteiger partial charge is 0.265 e. The highest BCUT2D eigenvalue weighted by molar-refractivity contribution is 6.31. The van der Waals surface area contributed by atoms with Gasteiger partial charge in [0, 0.05) is 5.69 Å². The summed E-state index contributed by atoms with van der Waals surface area (Å²) in [4.78, 5) is 16.3. The number of halogens is 2. The van der Waals surface area contributed by atoms with E-state index in [1.54, 1.807) is 12.1 Å². The number of hydrogen-bond acceptors (Lipinski definition) is 4. The van der Waals surface area contributed by atoms with Gasteiger partial charge in [0.15, 0.2) is 6.61 Å². The van der Waals surface area contributed by atoms with Gasteiger partial charge in [0.1, 0.15) is 17.8 Å². The predicted octanol–water partition coefficient (Wildman–Crippen LogP) is 3.06. The average molecular weight is 297 g/mol. The zero-order chi connectivity index (χ0) is 14.4. The maximum atomic E-state index is 12.9. The number of oxime groups is 1. The second-order valence-electron chi connectivity index (χ2n) is 3.70. The molecule has 1 amide bonds. The van der Waals surface area contributed by atoms with Gasteiger partial charge in [-0.2, -0.15) is 0 Å². The molecule has 0 saturated carbocycles. The molecule has 20 heavy (non-hydrogen) atoms. The molecule has 5 nitrogen and oxygen atoms in total. The van der Waals surface area contributed by atoms with Gasteiger partial charge in [-0.05, 0) is 30.3 Å². The van der Waals surface area contributed by atoms with Crippen LogP contribution in [0.1, 0.15) is 5.76 Å². The summed E-state index contributed by atoms with van der Waals surface area (Å²) in [5, 5.41) is 5.98. The van der Waals surface area contributed by atoms with Crippen LogP contribution in [-0.4, -0.2) is 18.7 Å². The van der Waals surface area contributed by atoms with E-state index in [2.05, 4.69) is 10.5 Å². The molecule has 0 atom stereocenters. The minimum atomic E-state index is -0.552. The topological polar surface area (TPSA) is 63.8 Å². The van der Waals surface area contributed by atoms with Gasteiger partial charge in [0.2, 0.25) is 0 Å². The lowest BCUT2D eigenvalue weighted by Gasteiger charge is -2.04. The minimum Gasteiger partial charge on any atom is -0.463 e. The van der Waals surface area contributed by atoms with Gasteiger partial charge in [0.05, 0.1) is 11.3 Å². The molecule has 0 aliphatic heterocycles. The van der Waals surface area contributed by atoms with Crippen molar-refractivity contribution in [1.82, 2.24) is 0 Å². The first-order chi connectivity index (χ1) is 9.65. The van der Waals surface area contributed by atoms with Crippen LogP contribution < -0.4 is 5.32 Å². The molecule has 0 bridgehead atoms. The van der Waals surface area contributed by atoms with E-state index in [0.29, 0.717) is 11.4 Å². The molecular weight excluding hydrogens is 287 g/mol. The van der Waals surface area contributed by atoms with Crippen molar-refractivity contribution in [2.75, 3.05) is 11.9 Å². The Morgan fingerprint density at radius 1 is 1.50 bits per heavy atom. The summed E-state index contributed by atoms with van der Waals surface area (Å²) in [5.74, 6) is -0.482. The highest BCUT2D eigenvalue weighted by atomic mass is 35.5. The number of nitrogens with one attached hydrogen (secondary N) is 1. The summed E-state index contributed by atoms with van der Waals surface area (Å²) in [6.45, 7) is -0.286. The van der Waals surface area contributed by atoms with E-state index < -0.39 is 11.7 Å². The van der Waals surface area contributed by atoms with E-state index in [1.807, 2.05) is 0 Å². The molecule has 0 saturated heterocycles. The third-order valence-corrected chi connectivity index (χ3v) is 2.49. The van der Waals surface area contributed by atoms with Gasteiger partial charge >= 0.3 is 0 Å². The predicted molar refractivity (Wildman–Crippen MR) is 72.3 cm³/mol. The maximum Gasteiger partial charge on any atom is 0.265 e. The molecule has 104 valence electrons. The molecular formula is C13H10ClFN2O3. The van der Waals surface area contributed by atoms with E-state index in [1.165, 1.54) is 24.6 Å². The first-order valence-electron chi connectivity index (χ1n) is 5.59. The number of nitrogens with zero attached hydrogens (tertiary/aromatic N) is 1. The molecule has 2 rings (SSSR count). The van der Waals surface area contributed by atoms with Crippen LogP contribution in [0.4, 0.5) is 10.1 Å². The van der Waals surface area contributed by atoms with E-state index in [4.69, 9.17) is 20.9 Å². The van der Waals surface area contributed by atoms with Crippen molar-refractivity contribution in [3.63, 3.8) is 0 Å². The standard InChI is InChI=1S/C13H10ClFN2O3/c14-11-6-9(3-4-12(11)15)17-13(18)8-20-16-7-10-2-1-5-19-10/h1-7H,8H2,(H,17,18)/b16-7+. The van der Waals surface area contributed by atoms with E-state index in [-0.39, 0.29) is 11.6 Å². The molecule has 0 aliphatic carbocycles. The van der Waals surface area contributed by atoms with Crippen LogP contribution in [0, 0.1) is 5.82 Å². The zero-order valence-corrected chi connectivity index (χ0v) is 10.9. The lowest BCUT2D eigenvalue weighted by Crippen LogP contribution is -2.17. The first-order valence-corrected chi connectivity index (χ1v) is 5.96. The van der Waals surface area contributed by atoms with Crippen LogP contribution in [0.25, 0.3) is 0 Å². The second kappa shape index (κ2) is 6.72. The van der Waals surface area contributed by atoms with Crippen LogP contribution >= 0.6 is 11.6 Å². The second-order valence-corrected chi connectivity index (χ2v) is 4.11. The Balaban J connectivity index is 1.79. The number of furan rings is 1. The number of anilines is 1. The molecule has 1 aromatic carbocycles. The Hall–Kier alpha value is -2.34. The SMILES string of the molecule is O=C(CO/N=C/c1ccco1)Nc1ccc(F)c(Cl)c1. The summed E-state index contributed by atoms with van der Waals surface area (Å²) in [7, 11) is 0. The molecule has 1 N–H and O–H groups in total. The number of amides is 1. The molecule has 0 spiro atoms. The van der Waals surface area contributed by atoms with Crippen LogP contribution in [0.15, 0.2) is 46.2 Å². The van der Waals surface area contributed by atoms with Gasteiger partial charge in [-0.3, -0.25) is 4.79 Å². The van der Waals surface area contributed by atoms with E-state index in [0.717, 1.165) is 6.07 Å². The Morgan fingerprint density at radius 3 is 3.05 bits per heavy atom. The van der Waals surface area contributed by atoms with Crippen molar-refractivity contribution in [2.45, 2.75) is 0 Å². The van der Waals surface area contributed by atoms with Crippen LogP contribution in [-0.2, 0) is 9.63 Å². The highest BCUT2D eigenvalue weighted by Gasteiger charge is 2.05. The quantitative estimate of drug-likeness (QED) is 0.681. The fourth-order valence-corrected chi connectivity index (χ4v) is 1.50. The minimum absolute atomic E-state index is 0.0699. The zero-order valence-electron chi connectivity index (χ0n) is 10.2. The third-order valence-electron chi connectivity index (χ3n) is 2.20. The number of carbonyl (C=O) groups is 1. The van der Waals surface area contributed by atoms with Gasteiger partial charge in [-0.15, -0.1) is 0 Å². The average Bonchev–Trinajstić information content (AvgIpc) is 2.92. The van der Waals surface area contributed by atoms with Crippen LogP contribution in [0.2, 0.25) is 5.02 Å². The summed E-state index contributed by atoms with van der Waals surface area (Å²) in [6.07, 6.45) is 2.83. The number of benzene rings is 1. The van der Waals surface area contributed by atoms with Crippen molar-refractivity contribution in [3.8, 4) is 0 Å².